The van der Waals surface area contributed by atoms with Crippen LogP contribution >= 0.6 is 11.6 Å². The highest BCUT2D eigenvalue weighted by molar-refractivity contribution is 7.73. The standard InChI is InChI=1S/C13H9ClO3S/c14-13(15)12-4-2-1-3-11(12)9-5-7-10(8-6-9)18(16)17/h1-7H,8H2. The average Bonchev–Trinajstić information content (AvgIpc) is 2.39. The topological polar surface area (TPSA) is 51.2 Å². The molecule has 0 radical (unpaired) electrons. The summed E-state index contributed by atoms with van der Waals surface area (Å²) in [5, 5.41) is -0.526. The summed E-state index contributed by atoms with van der Waals surface area (Å²) in [7, 11) is -2.20. The van der Waals surface area contributed by atoms with Crippen LogP contribution in [0.3, 0.4) is 0 Å². The fourth-order valence-electron chi connectivity index (χ4n) is 1.76. The molecule has 0 saturated carbocycles. The van der Waals surface area contributed by atoms with Gasteiger partial charge >= 0.3 is 0 Å². The lowest BCUT2D eigenvalue weighted by Gasteiger charge is -2.10. The lowest BCUT2D eigenvalue weighted by atomic mass is 9.96. The molecule has 0 bridgehead atoms. The molecule has 0 atom stereocenters. The maximum atomic E-state index is 11.3. The third-order valence-corrected chi connectivity index (χ3v) is 3.57. The summed E-state index contributed by atoms with van der Waals surface area (Å²) in [6, 6.07) is 6.96. The maximum Gasteiger partial charge on any atom is 0.253 e. The van der Waals surface area contributed by atoms with Crippen LogP contribution < -0.4 is 0 Å². The lowest BCUT2D eigenvalue weighted by molar-refractivity contribution is 0.108. The van der Waals surface area contributed by atoms with Crippen LogP contribution in [0.25, 0.3) is 5.57 Å². The minimum absolute atomic E-state index is 0.326. The molecular weight excluding hydrogens is 272 g/mol. The molecule has 3 nitrogen and oxygen atoms in total. The second-order valence-corrected chi connectivity index (χ2v) is 5.05. The van der Waals surface area contributed by atoms with Crippen LogP contribution in [0.2, 0.25) is 0 Å². The van der Waals surface area contributed by atoms with Gasteiger partial charge in [0.05, 0.1) is 4.86 Å². The molecular formula is C13H9ClO3S. The van der Waals surface area contributed by atoms with E-state index in [0.717, 1.165) is 5.57 Å². The van der Waals surface area contributed by atoms with Crippen molar-refractivity contribution in [2.75, 3.05) is 0 Å². The molecule has 0 saturated heterocycles. The van der Waals surface area contributed by atoms with E-state index in [0.29, 0.717) is 22.4 Å². The van der Waals surface area contributed by atoms with Crippen LogP contribution in [0.5, 0.6) is 0 Å². The quantitative estimate of drug-likeness (QED) is 0.618. The Kier molecular flexibility index (Phi) is 3.79. The predicted molar refractivity (Wildman–Crippen MR) is 72.3 cm³/mol. The zero-order chi connectivity index (χ0) is 13.1. The van der Waals surface area contributed by atoms with Gasteiger partial charge in [-0.25, -0.2) is 0 Å². The molecule has 0 spiro atoms. The van der Waals surface area contributed by atoms with Crippen LogP contribution in [-0.2, 0) is 10.3 Å². The van der Waals surface area contributed by atoms with Gasteiger partial charge in [0.15, 0.2) is 0 Å². The fourth-order valence-corrected chi connectivity index (χ4v) is 2.32. The van der Waals surface area contributed by atoms with Gasteiger partial charge in [-0.05, 0) is 34.9 Å². The van der Waals surface area contributed by atoms with E-state index in [1.54, 1.807) is 36.4 Å². The summed E-state index contributed by atoms with van der Waals surface area (Å²) in [6.45, 7) is 0. The first kappa shape index (κ1) is 12.8. The van der Waals surface area contributed by atoms with Gasteiger partial charge in [0.2, 0.25) is 10.3 Å². The Balaban J connectivity index is 2.45. The summed E-state index contributed by atoms with van der Waals surface area (Å²) in [4.78, 5) is 11.6. The van der Waals surface area contributed by atoms with Gasteiger partial charge in [0.25, 0.3) is 5.24 Å². The molecule has 2 rings (SSSR count). The molecule has 1 aliphatic rings. The second kappa shape index (κ2) is 5.33. The molecule has 1 aromatic carbocycles. The van der Waals surface area contributed by atoms with Gasteiger partial charge in [-0.1, -0.05) is 30.4 Å². The zero-order valence-corrected chi connectivity index (χ0v) is 10.8. The zero-order valence-electron chi connectivity index (χ0n) is 9.26. The van der Waals surface area contributed by atoms with E-state index in [-0.39, 0.29) is 0 Å². The molecule has 0 heterocycles. The molecule has 18 heavy (non-hydrogen) atoms. The fraction of sp³-hybridized carbons (Fsp3) is 0.0769. The third kappa shape index (κ3) is 2.60. The van der Waals surface area contributed by atoms with Crippen molar-refractivity contribution < 1.29 is 13.2 Å². The highest BCUT2D eigenvalue weighted by Crippen LogP contribution is 2.24. The Bertz CT molecular complexity index is 689. The van der Waals surface area contributed by atoms with Gasteiger partial charge in [-0.3, -0.25) is 4.79 Å². The van der Waals surface area contributed by atoms with Gasteiger partial charge in [0.1, 0.15) is 0 Å². The van der Waals surface area contributed by atoms with Crippen molar-refractivity contribution in [3.63, 3.8) is 0 Å². The van der Waals surface area contributed by atoms with Gasteiger partial charge in [-0.2, -0.15) is 8.42 Å². The van der Waals surface area contributed by atoms with Crippen molar-refractivity contribution in [1.29, 1.82) is 0 Å². The van der Waals surface area contributed by atoms with E-state index >= 15 is 0 Å². The SMILES string of the molecule is O=C(Cl)c1ccccc1C1=CCC(=S(=O)=O)C=C1. The first-order chi connectivity index (χ1) is 8.59. The number of carbonyl (C=O) groups excluding carboxylic acids is 1. The van der Waals surface area contributed by atoms with Crippen LogP contribution in [-0.4, -0.2) is 18.5 Å². The van der Waals surface area contributed by atoms with Crippen molar-refractivity contribution in [3.8, 4) is 0 Å². The Morgan fingerprint density at radius 1 is 1.17 bits per heavy atom. The van der Waals surface area contributed by atoms with Crippen LogP contribution in [0.4, 0.5) is 0 Å². The van der Waals surface area contributed by atoms with E-state index in [9.17, 15) is 13.2 Å². The summed E-state index contributed by atoms with van der Waals surface area (Å²) in [5.41, 5.74) is 1.93. The lowest BCUT2D eigenvalue weighted by Crippen LogP contribution is -2.01. The van der Waals surface area contributed by atoms with E-state index < -0.39 is 15.5 Å². The third-order valence-electron chi connectivity index (χ3n) is 2.64. The first-order valence-electron chi connectivity index (χ1n) is 5.22. The molecule has 0 N–H and O–H groups in total. The molecule has 1 aliphatic carbocycles. The Morgan fingerprint density at radius 3 is 2.44 bits per heavy atom. The predicted octanol–water partition coefficient (Wildman–Crippen LogP) is 2.46. The van der Waals surface area contributed by atoms with Crippen LogP contribution in [0, 0.1) is 0 Å². The highest BCUT2D eigenvalue weighted by Gasteiger charge is 2.12. The molecule has 1 aromatic rings. The maximum absolute atomic E-state index is 11.3. The summed E-state index contributed by atoms with van der Waals surface area (Å²) in [5.74, 6) is 0. The number of allylic oxidation sites excluding steroid dienone is 4. The first-order valence-corrected chi connectivity index (χ1v) is 6.67. The van der Waals surface area contributed by atoms with E-state index in [4.69, 9.17) is 11.6 Å². The number of hydrogen-bond donors (Lipinski definition) is 0. The van der Waals surface area contributed by atoms with E-state index in [1.807, 2.05) is 0 Å². The molecule has 5 heteroatoms. The minimum Gasteiger partial charge on any atom is -0.276 e. The van der Waals surface area contributed by atoms with E-state index in [1.165, 1.54) is 6.08 Å². The molecule has 92 valence electrons. The second-order valence-electron chi connectivity index (χ2n) is 3.72. The van der Waals surface area contributed by atoms with E-state index in [2.05, 4.69) is 0 Å². The molecule has 0 amide bonds. The monoisotopic (exact) mass is 280 g/mol. The van der Waals surface area contributed by atoms with Gasteiger partial charge in [0, 0.05) is 12.0 Å². The van der Waals surface area contributed by atoms with Crippen molar-refractivity contribution in [2.45, 2.75) is 6.42 Å². The molecule has 0 fully saturated rings. The van der Waals surface area contributed by atoms with Gasteiger partial charge in [-0.15, -0.1) is 0 Å². The molecule has 0 aliphatic heterocycles. The summed E-state index contributed by atoms with van der Waals surface area (Å²) in [6.07, 6.45) is 5.30. The van der Waals surface area contributed by atoms with Crippen molar-refractivity contribution in [3.05, 3.63) is 53.6 Å². The number of carbonyl (C=O) groups is 1. The largest absolute Gasteiger partial charge is 0.276 e. The van der Waals surface area contributed by atoms with Crippen molar-refractivity contribution >= 4 is 37.6 Å². The Hall–Kier alpha value is -1.65. The van der Waals surface area contributed by atoms with Crippen LogP contribution in [0.15, 0.2) is 42.5 Å². The number of benzene rings is 1. The minimum atomic E-state index is -2.20. The van der Waals surface area contributed by atoms with Crippen LogP contribution in [0.1, 0.15) is 22.3 Å². The number of rotatable bonds is 2. The summed E-state index contributed by atoms with van der Waals surface area (Å²) < 4.78 is 21.6. The number of halogens is 1. The van der Waals surface area contributed by atoms with Gasteiger partial charge < -0.3 is 0 Å². The highest BCUT2D eigenvalue weighted by atomic mass is 35.5. The van der Waals surface area contributed by atoms with Crippen molar-refractivity contribution in [1.82, 2.24) is 0 Å². The Labute approximate surface area is 111 Å². The average molecular weight is 281 g/mol. The smallest absolute Gasteiger partial charge is 0.253 e. The molecule has 0 unspecified atom stereocenters. The summed E-state index contributed by atoms with van der Waals surface area (Å²) >= 11 is 5.51. The van der Waals surface area contributed by atoms with Crippen molar-refractivity contribution in [2.24, 2.45) is 0 Å². The molecule has 0 aromatic heterocycles. The Morgan fingerprint density at radius 2 is 1.89 bits per heavy atom. The number of hydrogen-bond acceptors (Lipinski definition) is 3. The normalized spacial score (nSPS) is 14.3.